The first-order valence-corrected chi connectivity index (χ1v) is 9.06. The van der Waals surface area contributed by atoms with E-state index in [1.54, 1.807) is 36.1 Å². The van der Waals surface area contributed by atoms with E-state index in [2.05, 4.69) is 0 Å². The van der Waals surface area contributed by atoms with Crippen molar-refractivity contribution < 1.29 is 23.5 Å². The van der Waals surface area contributed by atoms with Crippen molar-refractivity contribution in [2.24, 2.45) is 5.92 Å². The highest BCUT2D eigenvalue weighted by Crippen LogP contribution is 2.24. The molecule has 1 aliphatic rings. The minimum Gasteiger partial charge on any atom is -0.466 e. The van der Waals surface area contributed by atoms with Gasteiger partial charge in [0, 0.05) is 18.7 Å². The van der Waals surface area contributed by atoms with Crippen molar-refractivity contribution in [3.05, 3.63) is 59.9 Å². The van der Waals surface area contributed by atoms with Gasteiger partial charge in [-0.25, -0.2) is 4.39 Å². The quantitative estimate of drug-likeness (QED) is 0.745. The maximum atomic E-state index is 12.9. The summed E-state index contributed by atoms with van der Waals surface area (Å²) in [5, 5.41) is 0. The van der Waals surface area contributed by atoms with Crippen molar-refractivity contribution in [2.75, 3.05) is 19.7 Å². The molecule has 3 rings (SSSR count). The molecule has 1 saturated heterocycles. The lowest BCUT2D eigenvalue weighted by Crippen LogP contribution is -2.42. The molecule has 0 saturated carbocycles. The number of likely N-dealkylation sites (tertiary alicyclic amines) is 1. The molecule has 2 aromatic carbocycles. The molecule has 5 nitrogen and oxygen atoms in total. The Bertz CT molecular complexity index is 789. The second-order valence-electron chi connectivity index (χ2n) is 6.42. The van der Waals surface area contributed by atoms with Gasteiger partial charge in [0.25, 0.3) is 5.91 Å². The number of nitrogens with zero attached hydrogens (tertiary/aromatic N) is 1. The minimum absolute atomic E-state index is 0.114. The zero-order chi connectivity index (χ0) is 19.2. The molecule has 0 N–H and O–H groups in total. The lowest BCUT2D eigenvalue weighted by atomic mass is 9.97. The molecule has 142 valence electrons. The Morgan fingerprint density at radius 3 is 2.33 bits per heavy atom. The lowest BCUT2D eigenvalue weighted by Gasteiger charge is -2.31. The molecule has 1 aliphatic heterocycles. The van der Waals surface area contributed by atoms with Gasteiger partial charge in [0.2, 0.25) is 0 Å². The monoisotopic (exact) mass is 371 g/mol. The fraction of sp³-hybridized carbons (Fsp3) is 0.333. The molecule has 1 atom stereocenters. The van der Waals surface area contributed by atoms with Gasteiger partial charge in [-0.3, -0.25) is 9.59 Å². The van der Waals surface area contributed by atoms with E-state index in [4.69, 9.17) is 9.47 Å². The zero-order valence-corrected chi connectivity index (χ0v) is 15.2. The lowest BCUT2D eigenvalue weighted by molar-refractivity contribution is -0.149. The summed E-state index contributed by atoms with van der Waals surface area (Å²) >= 11 is 0. The Morgan fingerprint density at radius 2 is 1.70 bits per heavy atom. The molecule has 1 fully saturated rings. The highest BCUT2D eigenvalue weighted by atomic mass is 19.1. The molecule has 2 aromatic rings. The number of halogens is 1. The maximum absolute atomic E-state index is 12.9. The maximum Gasteiger partial charge on any atom is 0.310 e. The largest absolute Gasteiger partial charge is 0.466 e. The van der Waals surface area contributed by atoms with Crippen molar-refractivity contribution in [3.8, 4) is 11.5 Å². The van der Waals surface area contributed by atoms with Gasteiger partial charge < -0.3 is 14.4 Å². The summed E-state index contributed by atoms with van der Waals surface area (Å²) in [6, 6.07) is 12.5. The van der Waals surface area contributed by atoms with Crippen molar-refractivity contribution in [3.63, 3.8) is 0 Å². The van der Waals surface area contributed by atoms with E-state index >= 15 is 0 Å². The van der Waals surface area contributed by atoms with Crippen LogP contribution in [0.25, 0.3) is 0 Å². The standard InChI is InChI=1S/C21H22FNO4/c1-2-26-21(25)16-4-3-13-23(14-16)20(24)15-5-9-18(10-6-15)27-19-11-7-17(22)8-12-19/h5-12,16H,2-4,13-14H2,1H3. The van der Waals surface area contributed by atoms with Gasteiger partial charge >= 0.3 is 5.97 Å². The van der Waals surface area contributed by atoms with Crippen LogP contribution in [0.1, 0.15) is 30.1 Å². The van der Waals surface area contributed by atoms with Crippen molar-refractivity contribution in [1.82, 2.24) is 4.90 Å². The highest BCUT2D eigenvalue weighted by molar-refractivity contribution is 5.94. The molecule has 0 spiro atoms. The summed E-state index contributed by atoms with van der Waals surface area (Å²) in [5.41, 5.74) is 0.533. The Labute approximate surface area is 157 Å². The number of ether oxygens (including phenoxy) is 2. The fourth-order valence-corrected chi connectivity index (χ4v) is 3.10. The Kier molecular flexibility index (Phi) is 6.06. The first-order valence-electron chi connectivity index (χ1n) is 9.06. The van der Waals surface area contributed by atoms with E-state index in [0.29, 0.717) is 36.8 Å². The average molecular weight is 371 g/mol. The number of amides is 1. The molecular formula is C21H22FNO4. The van der Waals surface area contributed by atoms with Crippen LogP contribution in [0.15, 0.2) is 48.5 Å². The number of hydrogen-bond donors (Lipinski definition) is 0. The van der Waals surface area contributed by atoms with Crippen LogP contribution in [0.5, 0.6) is 11.5 Å². The smallest absolute Gasteiger partial charge is 0.310 e. The molecule has 0 radical (unpaired) electrons. The third-order valence-electron chi connectivity index (χ3n) is 4.48. The number of carbonyl (C=O) groups excluding carboxylic acids is 2. The molecule has 0 aromatic heterocycles. The van der Waals surface area contributed by atoms with Gasteiger partial charge in [-0.05, 0) is 68.3 Å². The van der Waals surface area contributed by atoms with Gasteiger partial charge in [-0.15, -0.1) is 0 Å². The number of carbonyl (C=O) groups is 2. The second-order valence-corrected chi connectivity index (χ2v) is 6.42. The number of esters is 1. The van der Waals surface area contributed by atoms with Crippen LogP contribution < -0.4 is 4.74 Å². The Hall–Kier alpha value is -2.89. The molecule has 1 heterocycles. The first-order chi connectivity index (χ1) is 13.1. The van der Waals surface area contributed by atoms with Crippen LogP contribution in [0.2, 0.25) is 0 Å². The summed E-state index contributed by atoms with van der Waals surface area (Å²) in [5.74, 6) is 0.134. The first kappa shape index (κ1) is 18.9. The Morgan fingerprint density at radius 1 is 1.07 bits per heavy atom. The number of piperidine rings is 1. The highest BCUT2D eigenvalue weighted by Gasteiger charge is 2.29. The molecule has 0 bridgehead atoms. The van der Waals surface area contributed by atoms with Crippen molar-refractivity contribution in [1.29, 1.82) is 0 Å². The molecule has 27 heavy (non-hydrogen) atoms. The van der Waals surface area contributed by atoms with Gasteiger partial charge in [0.1, 0.15) is 17.3 Å². The molecule has 6 heteroatoms. The zero-order valence-electron chi connectivity index (χ0n) is 15.2. The van der Waals surface area contributed by atoms with E-state index < -0.39 is 0 Å². The minimum atomic E-state index is -0.328. The van der Waals surface area contributed by atoms with Crippen LogP contribution in [0.4, 0.5) is 4.39 Å². The van der Waals surface area contributed by atoms with E-state index in [-0.39, 0.29) is 23.6 Å². The summed E-state index contributed by atoms with van der Waals surface area (Å²) in [4.78, 5) is 26.4. The third kappa shape index (κ3) is 4.84. The van der Waals surface area contributed by atoms with Gasteiger partial charge in [0.05, 0.1) is 12.5 Å². The van der Waals surface area contributed by atoms with Crippen LogP contribution in [-0.2, 0) is 9.53 Å². The van der Waals surface area contributed by atoms with Crippen LogP contribution in [0.3, 0.4) is 0 Å². The number of rotatable bonds is 5. The second kappa shape index (κ2) is 8.66. The topological polar surface area (TPSA) is 55.8 Å². The van der Waals surface area contributed by atoms with Crippen LogP contribution in [-0.4, -0.2) is 36.5 Å². The van der Waals surface area contributed by atoms with Gasteiger partial charge in [0.15, 0.2) is 0 Å². The predicted molar refractivity (Wildman–Crippen MR) is 98.2 cm³/mol. The summed E-state index contributed by atoms with van der Waals surface area (Å²) in [7, 11) is 0. The SMILES string of the molecule is CCOC(=O)C1CCCN(C(=O)c2ccc(Oc3ccc(F)cc3)cc2)C1. The van der Waals surface area contributed by atoms with Gasteiger partial charge in [-0.1, -0.05) is 0 Å². The summed E-state index contributed by atoms with van der Waals surface area (Å²) in [6.45, 7) is 3.13. The Balaban J connectivity index is 1.63. The normalized spacial score (nSPS) is 16.7. The van der Waals surface area contributed by atoms with Gasteiger partial charge in [-0.2, -0.15) is 0 Å². The van der Waals surface area contributed by atoms with E-state index in [9.17, 15) is 14.0 Å². The van der Waals surface area contributed by atoms with Crippen molar-refractivity contribution >= 4 is 11.9 Å². The number of hydrogen-bond acceptors (Lipinski definition) is 4. The average Bonchev–Trinajstić information content (AvgIpc) is 2.70. The molecular weight excluding hydrogens is 349 g/mol. The third-order valence-corrected chi connectivity index (χ3v) is 4.48. The van der Waals surface area contributed by atoms with E-state index in [0.717, 1.165) is 12.8 Å². The summed E-state index contributed by atoms with van der Waals surface area (Å²) in [6.07, 6.45) is 1.52. The van der Waals surface area contributed by atoms with Crippen LogP contribution in [0, 0.1) is 11.7 Å². The molecule has 0 aliphatic carbocycles. The molecule has 1 unspecified atom stereocenters. The molecule has 1 amide bonds. The van der Waals surface area contributed by atoms with E-state index in [1.807, 2.05) is 0 Å². The fourth-order valence-electron chi connectivity index (χ4n) is 3.10. The number of benzene rings is 2. The van der Waals surface area contributed by atoms with Crippen LogP contribution >= 0.6 is 0 Å². The predicted octanol–water partition coefficient (Wildman–Crippen LogP) is 4.03. The van der Waals surface area contributed by atoms with Crippen molar-refractivity contribution in [2.45, 2.75) is 19.8 Å². The summed E-state index contributed by atoms with van der Waals surface area (Å²) < 4.78 is 23.7. The van der Waals surface area contributed by atoms with E-state index in [1.165, 1.54) is 24.3 Å².